The van der Waals surface area contributed by atoms with Crippen molar-refractivity contribution in [3.63, 3.8) is 0 Å². The summed E-state index contributed by atoms with van der Waals surface area (Å²) in [5.74, 6) is -0.0579. The van der Waals surface area contributed by atoms with Gasteiger partial charge in [-0.3, -0.25) is 4.79 Å². The Balaban J connectivity index is 2.18. The van der Waals surface area contributed by atoms with Crippen LogP contribution in [0.1, 0.15) is 12.8 Å². The van der Waals surface area contributed by atoms with E-state index < -0.39 is 10.0 Å². The van der Waals surface area contributed by atoms with Gasteiger partial charge in [-0.1, -0.05) is 15.9 Å². The molecule has 0 aliphatic carbocycles. The Hall–Kier alpha value is -1.12. The quantitative estimate of drug-likeness (QED) is 0.696. The number of carbonyl (C=O) groups is 1. The van der Waals surface area contributed by atoms with E-state index in [0.717, 1.165) is 0 Å². The Morgan fingerprint density at radius 3 is 2.79 bits per heavy atom. The minimum atomic E-state index is -3.69. The van der Waals surface area contributed by atoms with Crippen LogP contribution < -0.4 is 15.8 Å². The van der Waals surface area contributed by atoms with E-state index in [1.165, 1.54) is 12.1 Å². The molecule has 0 spiro atoms. The number of benzene rings is 1. The lowest BCUT2D eigenvalue weighted by molar-refractivity contribution is -0.122. The van der Waals surface area contributed by atoms with Gasteiger partial charge in [-0.2, -0.15) is 0 Å². The van der Waals surface area contributed by atoms with Crippen molar-refractivity contribution in [3.05, 3.63) is 22.7 Å². The van der Waals surface area contributed by atoms with Crippen LogP contribution in [0.3, 0.4) is 0 Å². The predicted molar refractivity (Wildman–Crippen MR) is 74.9 cm³/mol. The number of nitrogen functional groups attached to an aromatic ring is 1. The average Bonchev–Trinajstić information content (AvgIpc) is 2.35. The van der Waals surface area contributed by atoms with Crippen LogP contribution in [0, 0.1) is 0 Å². The Labute approximate surface area is 119 Å². The first-order valence-electron chi connectivity index (χ1n) is 5.72. The summed E-state index contributed by atoms with van der Waals surface area (Å²) in [6, 6.07) is 4.36. The summed E-state index contributed by atoms with van der Waals surface area (Å²) < 4.78 is 27.7. The van der Waals surface area contributed by atoms with Gasteiger partial charge in [0.1, 0.15) is 4.90 Å². The largest absolute Gasteiger partial charge is 0.398 e. The highest BCUT2D eigenvalue weighted by atomic mass is 79.9. The molecule has 1 aliphatic rings. The first-order valence-corrected chi connectivity index (χ1v) is 8.00. The number of carbonyl (C=O) groups excluding carboxylic acids is 1. The van der Waals surface area contributed by atoms with Crippen LogP contribution >= 0.6 is 15.9 Å². The van der Waals surface area contributed by atoms with Crippen molar-refractivity contribution in [3.8, 4) is 0 Å². The SMILES string of the molecule is Nc1ccc(Br)cc1S(=O)(=O)NC1CCC(=O)NC1. The monoisotopic (exact) mass is 347 g/mol. The summed E-state index contributed by atoms with van der Waals surface area (Å²) >= 11 is 3.22. The molecule has 1 amide bonds. The Kier molecular flexibility index (Phi) is 4.12. The molecule has 4 N–H and O–H groups in total. The fraction of sp³-hybridized carbons (Fsp3) is 0.364. The molecule has 1 atom stereocenters. The molecule has 1 aromatic rings. The van der Waals surface area contributed by atoms with Crippen LogP contribution in [-0.2, 0) is 14.8 Å². The third-order valence-corrected chi connectivity index (χ3v) is 4.92. The number of rotatable bonds is 3. The molecular formula is C11H14BrN3O3S. The first-order chi connectivity index (χ1) is 8.88. The fourth-order valence-corrected chi connectivity index (χ4v) is 3.80. The van der Waals surface area contributed by atoms with Gasteiger partial charge in [0.2, 0.25) is 15.9 Å². The molecule has 104 valence electrons. The van der Waals surface area contributed by atoms with Crippen molar-refractivity contribution in [1.82, 2.24) is 10.0 Å². The van der Waals surface area contributed by atoms with E-state index in [1.807, 2.05) is 0 Å². The van der Waals surface area contributed by atoms with Crippen LogP contribution in [0.15, 0.2) is 27.6 Å². The first kappa shape index (κ1) is 14.3. The fourth-order valence-electron chi connectivity index (χ4n) is 1.86. The van der Waals surface area contributed by atoms with Gasteiger partial charge in [0.05, 0.1) is 5.69 Å². The Morgan fingerprint density at radius 2 is 2.16 bits per heavy atom. The minimum absolute atomic E-state index is 0.0405. The molecule has 1 saturated heterocycles. The molecule has 0 radical (unpaired) electrons. The van der Waals surface area contributed by atoms with Crippen LogP contribution in [0.2, 0.25) is 0 Å². The second-order valence-corrected chi connectivity index (χ2v) is 6.94. The molecule has 0 bridgehead atoms. The second kappa shape index (κ2) is 5.48. The predicted octanol–water partition coefficient (Wildman–Crippen LogP) is 0.588. The molecule has 19 heavy (non-hydrogen) atoms. The van der Waals surface area contributed by atoms with Crippen LogP contribution in [0.5, 0.6) is 0 Å². The van der Waals surface area contributed by atoms with Crippen LogP contribution in [0.4, 0.5) is 5.69 Å². The van der Waals surface area contributed by atoms with E-state index in [0.29, 0.717) is 23.9 Å². The maximum absolute atomic E-state index is 12.2. The van der Waals surface area contributed by atoms with Crippen molar-refractivity contribution >= 4 is 37.5 Å². The molecule has 2 rings (SSSR count). The highest BCUT2D eigenvalue weighted by Gasteiger charge is 2.25. The number of piperidine rings is 1. The van der Waals surface area contributed by atoms with Crippen LogP contribution in [0.25, 0.3) is 0 Å². The Bertz CT molecular complexity index is 593. The molecular weight excluding hydrogens is 334 g/mol. The zero-order chi connectivity index (χ0) is 14.0. The molecule has 0 aromatic heterocycles. The van der Waals surface area contributed by atoms with Gasteiger partial charge in [-0.15, -0.1) is 0 Å². The minimum Gasteiger partial charge on any atom is -0.398 e. The lowest BCUT2D eigenvalue weighted by Gasteiger charge is -2.23. The molecule has 0 saturated carbocycles. The van der Waals surface area contributed by atoms with E-state index in [-0.39, 0.29) is 22.5 Å². The summed E-state index contributed by atoms with van der Waals surface area (Å²) in [5, 5.41) is 2.63. The van der Waals surface area contributed by atoms with Crippen molar-refractivity contribution in [2.24, 2.45) is 0 Å². The van der Waals surface area contributed by atoms with Gasteiger partial charge in [0.15, 0.2) is 0 Å². The van der Waals surface area contributed by atoms with Crippen molar-refractivity contribution in [2.75, 3.05) is 12.3 Å². The summed E-state index contributed by atoms with van der Waals surface area (Å²) in [4.78, 5) is 11.1. The number of nitrogens with two attached hydrogens (primary N) is 1. The third-order valence-electron chi connectivity index (χ3n) is 2.85. The standard InChI is InChI=1S/C11H14BrN3O3S/c12-7-1-3-9(13)10(5-7)19(17,18)15-8-2-4-11(16)14-6-8/h1,3,5,8,15H,2,4,6,13H2,(H,14,16). The lowest BCUT2D eigenvalue weighted by Crippen LogP contribution is -2.47. The highest BCUT2D eigenvalue weighted by molar-refractivity contribution is 9.10. The third kappa shape index (κ3) is 3.46. The molecule has 1 fully saturated rings. The number of hydrogen-bond donors (Lipinski definition) is 3. The zero-order valence-corrected chi connectivity index (χ0v) is 12.4. The number of sulfonamides is 1. The van der Waals surface area contributed by atoms with E-state index in [9.17, 15) is 13.2 Å². The summed E-state index contributed by atoms with van der Waals surface area (Å²) in [5.41, 5.74) is 5.88. The van der Waals surface area contributed by atoms with E-state index in [2.05, 4.69) is 26.0 Å². The van der Waals surface area contributed by atoms with Gasteiger partial charge >= 0.3 is 0 Å². The van der Waals surface area contributed by atoms with Gasteiger partial charge < -0.3 is 11.1 Å². The number of amides is 1. The van der Waals surface area contributed by atoms with Gasteiger partial charge in [0, 0.05) is 23.5 Å². The summed E-state index contributed by atoms with van der Waals surface area (Å²) in [6.07, 6.45) is 0.806. The van der Waals surface area contributed by atoms with Gasteiger partial charge in [-0.05, 0) is 24.6 Å². The Morgan fingerprint density at radius 1 is 1.42 bits per heavy atom. The van der Waals surface area contributed by atoms with Gasteiger partial charge in [0.25, 0.3) is 0 Å². The average molecular weight is 348 g/mol. The molecule has 1 unspecified atom stereocenters. The van der Waals surface area contributed by atoms with E-state index in [4.69, 9.17) is 5.73 Å². The van der Waals surface area contributed by atoms with Crippen LogP contribution in [-0.4, -0.2) is 26.9 Å². The van der Waals surface area contributed by atoms with Gasteiger partial charge in [-0.25, -0.2) is 13.1 Å². The number of halogens is 1. The molecule has 1 aliphatic heterocycles. The maximum Gasteiger partial charge on any atom is 0.242 e. The zero-order valence-electron chi connectivity index (χ0n) is 10.0. The molecule has 1 heterocycles. The number of anilines is 1. The van der Waals surface area contributed by atoms with Crippen molar-refractivity contribution < 1.29 is 13.2 Å². The second-order valence-electron chi connectivity index (χ2n) is 4.34. The molecule has 8 heteroatoms. The summed E-state index contributed by atoms with van der Waals surface area (Å²) in [7, 11) is -3.69. The maximum atomic E-state index is 12.2. The highest BCUT2D eigenvalue weighted by Crippen LogP contribution is 2.23. The summed E-state index contributed by atoms with van der Waals surface area (Å²) in [6.45, 7) is 0.298. The normalized spacial score (nSPS) is 20.1. The van der Waals surface area contributed by atoms with Crippen molar-refractivity contribution in [1.29, 1.82) is 0 Å². The van der Waals surface area contributed by atoms with E-state index in [1.54, 1.807) is 6.07 Å². The lowest BCUT2D eigenvalue weighted by atomic mass is 10.1. The molecule has 6 nitrogen and oxygen atoms in total. The topological polar surface area (TPSA) is 101 Å². The number of nitrogens with one attached hydrogen (secondary N) is 2. The smallest absolute Gasteiger partial charge is 0.242 e. The van der Waals surface area contributed by atoms with Crippen molar-refractivity contribution in [2.45, 2.75) is 23.8 Å². The van der Waals surface area contributed by atoms with E-state index >= 15 is 0 Å². The molecule has 1 aromatic carbocycles. The number of hydrogen-bond acceptors (Lipinski definition) is 4.